The highest BCUT2D eigenvalue weighted by Crippen LogP contribution is 2.29. The van der Waals surface area contributed by atoms with Gasteiger partial charge in [0, 0.05) is 30.1 Å². The first-order chi connectivity index (χ1) is 13.7. The van der Waals surface area contributed by atoms with Crippen molar-refractivity contribution in [3.8, 4) is 16.3 Å². The number of ether oxygens (including phenoxy) is 2. The van der Waals surface area contributed by atoms with E-state index in [9.17, 15) is 9.18 Å². The summed E-state index contributed by atoms with van der Waals surface area (Å²) >= 11 is 1.25. The van der Waals surface area contributed by atoms with E-state index in [2.05, 4.69) is 4.98 Å². The average Bonchev–Trinajstić information content (AvgIpc) is 3.23. The molecule has 1 aliphatic heterocycles. The van der Waals surface area contributed by atoms with E-state index in [-0.39, 0.29) is 5.91 Å². The van der Waals surface area contributed by atoms with Gasteiger partial charge >= 0.3 is 0 Å². The van der Waals surface area contributed by atoms with Crippen LogP contribution in [0.2, 0.25) is 0 Å². The molecule has 2 heterocycles. The van der Waals surface area contributed by atoms with Crippen LogP contribution in [-0.4, -0.2) is 42.1 Å². The molecule has 1 amide bonds. The number of hydrogen-bond donors (Lipinski definition) is 0. The van der Waals surface area contributed by atoms with Gasteiger partial charge in [-0.25, -0.2) is 9.37 Å². The van der Waals surface area contributed by atoms with Crippen molar-refractivity contribution in [2.24, 2.45) is 0 Å². The molecule has 1 fully saturated rings. The van der Waals surface area contributed by atoms with Crippen molar-refractivity contribution in [3.63, 3.8) is 0 Å². The zero-order chi connectivity index (χ0) is 19.3. The van der Waals surface area contributed by atoms with Crippen molar-refractivity contribution >= 4 is 17.2 Å². The van der Waals surface area contributed by atoms with E-state index < -0.39 is 5.82 Å². The molecule has 2 aromatic carbocycles. The highest BCUT2D eigenvalue weighted by atomic mass is 32.1. The van der Waals surface area contributed by atoms with Crippen LogP contribution < -0.4 is 4.74 Å². The molecule has 0 saturated carbocycles. The Morgan fingerprint density at radius 1 is 1.18 bits per heavy atom. The predicted molar refractivity (Wildman–Crippen MR) is 105 cm³/mol. The minimum absolute atomic E-state index is 0.144. The molecule has 1 saturated heterocycles. The van der Waals surface area contributed by atoms with Crippen LogP contribution in [0.3, 0.4) is 0 Å². The SMILES string of the molecule is O=C(c1csc(-c2ccc(OCc3ccccc3)cc2F)n1)N1CCOCC1. The average molecular weight is 398 g/mol. The molecule has 144 valence electrons. The Balaban J connectivity index is 1.46. The van der Waals surface area contributed by atoms with Crippen LogP contribution in [0.15, 0.2) is 53.9 Å². The smallest absolute Gasteiger partial charge is 0.273 e. The standard InChI is InChI=1S/C21H19FN2O3S/c22-18-12-16(27-13-15-4-2-1-3-5-15)6-7-17(18)20-23-19(14-28-20)21(25)24-8-10-26-11-9-24/h1-7,12,14H,8-11,13H2. The number of carbonyl (C=O) groups is 1. The zero-order valence-electron chi connectivity index (χ0n) is 15.1. The summed E-state index contributed by atoms with van der Waals surface area (Å²) in [5, 5.41) is 2.15. The van der Waals surface area contributed by atoms with Crippen LogP contribution in [0.1, 0.15) is 16.1 Å². The van der Waals surface area contributed by atoms with Crippen LogP contribution in [-0.2, 0) is 11.3 Å². The topological polar surface area (TPSA) is 51.7 Å². The van der Waals surface area contributed by atoms with Gasteiger partial charge < -0.3 is 14.4 Å². The summed E-state index contributed by atoms with van der Waals surface area (Å²) in [4.78, 5) is 18.6. The largest absolute Gasteiger partial charge is 0.489 e. The maximum Gasteiger partial charge on any atom is 0.273 e. The molecule has 5 nitrogen and oxygen atoms in total. The summed E-state index contributed by atoms with van der Waals surface area (Å²) < 4.78 is 25.5. The van der Waals surface area contributed by atoms with E-state index in [1.165, 1.54) is 17.4 Å². The number of nitrogens with zero attached hydrogens (tertiary/aromatic N) is 2. The molecular formula is C21H19FN2O3S. The van der Waals surface area contributed by atoms with Crippen LogP contribution in [0.25, 0.3) is 10.6 Å². The molecule has 0 radical (unpaired) electrons. The molecule has 0 bridgehead atoms. The van der Waals surface area contributed by atoms with Gasteiger partial charge in [0.2, 0.25) is 0 Å². The van der Waals surface area contributed by atoms with Crippen LogP contribution in [0.4, 0.5) is 4.39 Å². The molecule has 0 spiro atoms. The summed E-state index contributed by atoms with van der Waals surface area (Å²) in [7, 11) is 0. The zero-order valence-corrected chi connectivity index (χ0v) is 16.0. The van der Waals surface area contributed by atoms with Crippen LogP contribution in [0.5, 0.6) is 5.75 Å². The lowest BCUT2D eigenvalue weighted by Crippen LogP contribution is -2.40. The first-order valence-electron chi connectivity index (χ1n) is 9.00. The lowest BCUT2D eigenvalue weighted by Gasteiger charge is -2.25. The summed E-state index contributed by atoms with van der Waals surface area (Å²) in [5.41, 5.74) is 1.71. The van der Waals surface area contributed by atoms with Crippen molar-refractivity contribution in [1.82, 2.24) is 9.88 Å². The third-order valence-corrected chi connectivity index (χ3v) is 5.32. The van der Waals surface area contributed by atoms with Gasteiger partial charge in [0.15, 0.2) is 0 Å². The van der Waals surface area contributed by atoms with Gasteiger partial charge in [0.25, 0.3) is 5.91 Å². The van der Waals surface area contributed by atoms with Crippen LogP contribution in [0, 0.1) is 5.82 Å². The normalized spacial score (nSPS) is 14.1. The van der Waals surface area contributed by atoms with E-state index in [0.29, 0.717) is 54.9 Å². The van der Waals surface area contributed by atoms with Crippen molar-refractivity contribution < 1.29 is 18.7 Å². The van der Waals surface area contributed by atoms with E-state index in [0.717, 1.165) is 5.56 Å². The Kier molecular flexibility index (Phi) is 5.64. The summed E-state index contributed by atoms with van der Waals surface area (Å²) in [5.74, 6) is -0.120. The van der Waals surface area contributed by atoms with Crippen molar-refractivity contribution in [3.05, 3.63) is 71.0 Å². The van der Waals surface area contributed by atoms with Crippen molar-refractivity contribution in [2.45, 2.75) is 6.61 Å². The Bertz CT molecular complexity index is 955. The van der Waals surface area contributed by atoms with Gasteiger partial charge in [0.1, 0.15) is 28.9 Å². The number of rotatable bonds is 5. The molecule has 4 rings (SSSR count). The second kappa shape index (κ2) is 8.50. The number of thiazole rings is 1. The number of hydrogen-bond acceptors (Lipinski definition) is 5. The minimum Gasteiger partial charge on any atom is -0.489 e. The Labute approximate surface area is 166 Å². The number of benzene rings is 2. The summed E-state index contributed by atoms with van der Waals surface area (Å²) in [6, 6.07) is 14.4. The maximum atomic E-state index is 14.6. The lowest BCUT2D eigenvalue weighted by atomic mass is 10.2. The predicted octanol–water partition coefficient (Wildman–Crippen LogP) is 4.00. The molecule has 0 aliphatic carbocycles. The molecule has 28 heavy (non-hydrogen) atoms. The van der Waals surface area contributed by atoms with Gasteiger partial charge in [-0.15, -0.1) is 11.3 Å². The first-order valence-corrected chi connectivity index (χ1v) is 9.88. The highest BCUT2D eigenvalue weighted by molar-refractivity contribution is 7.13. The molecule has 1 aliphatic rings. The minimum atomic E-state index is -0.426. The van der Waals surface area contributed by atoms with Gasteiger partial charge in [-0.2, -0.15) is 0 Å². The number of morpholine rings is 1. The molecule has 0 N–H and O–H groups in total. The van der Waals surface area contributed by atoms with E-state index >= 15 is 0 Å². The van der Waals surface area contributed by atoms with Crippen molar-refractivity contribution in [2.75, 3.05) is 26.3 Å². The Hall–Kier alpha value is -2.77. The van der Waals surface area contributed by atoms with Crippen molar-refractivity contribution in [1.29, 1.82) is 0 Å². The molecule has 7 heteroatoms. The third-order valence-electron chi connectivity index (χ3n) is 4.44. The molecule has 0 atom stereocenters. The fraction of sp³-hybridized carbons (Fsp3) is 0.238. The molecule has 0 unspecified atom stereocenters. The molecular weight excluding hydrogens is 379 g/mol. The fourth-order valence-corrected chi connectivity index (χ4v) is 3.74. The quantitative estimate of drug-likeness (QED) is 0.652. The molecule has 1 aromatic heterocycles. The van der Waals surface area contributed by atoms with Gasteiger partial charge in [-0.05, 0) is 17.7 Å². The fourth-order valence-electron chi connectivity index (χ4n) is 2.92. The van der Waals surface area contributed by atoms with Crippen LogP contribution >= 0.6 is 11.3 Å². The monoisotopic (exact) mass is 398 g/mol. The second-order valence-electron chi connectivity index (χ2n) is 6.36. The van der Waals surface area contributed by atoms with Gasteiger partial charge in [-0.1, -0.05) is 30.3 Å². The van der Waals surface area contributed by atoms with E-state index in [1.54, 1.807) is 22.4 Å². The Morgan fingerprint density at radius 2 is 1.96 bits per heavy atom. The Morgan fingerprint density at radius 3 is 2.71 bits per heavy atom. The number of carbonyl (C=O) groups excluding carboxylic acids is 1. The van der Waals surface area contributed by atoms with Gasteiger partial charge in [0.05, 0.1) is 13.2 Å². The van der Waals surface area contributed by atoms with Gasteiger partial charge in [-0.3, -0.25) is 4.79 Å². The lowest BCUT2D eigenvalue weighted by molar-refractivity contribution is 0.0299. The number of amides is 1. The second-order valence-corrected chi connectivity index (χ2v) is 7.22. The highest BCUT2D eigenvalue weighted by Gasteiger charge is 2.22. The maximum absolute atomic E-state index is 14.6. The first kappa shape index (κ1) is 18.6. The number of halogens is 1. The van der Waals surface area contributed by atoms with E-state index in [1.807, 2.05) is 30.3 Å². The third kappa shape index (κ3) is 4.21. The number of aromatic nitrogens is 1. The molecule has 3 aromatic rings. The van der Waals surface area contributed by atoms with E-state index in [4.69, 9.17) is 9.47 Å². The summed E-state index contributed by atoms with van der Waals surface area (Å²) in [6.07, 6.45) is 0. The summed E-state index contributed by atoms with van der Waals surface area (Å²) in [6.45, 7) is 2.53.